The lowest BCUT2D eigenvalue weighted by atomic mass is 10.2. The van der Waals surface area contributed by atoms with E-state index in [1.807, 2.05) is 0 Å². The van der Waals surface area contributed by atoms with Crippen molar-refractivity contribution >= 4 is 21.9 Å². The first-order chi connectivity index (χ1) is 9.77. The van der Waals surface area contributed by atoms with Crippen LogP contribution in [0.1, 0.15) is 21.7 Å². The number of anilines is 1. The molecule has 8 heteroatoms. The van der Waals surface area contributed by atoms with E-state index in [4.69, 9.17) is 5.14 Å². The Morgan fingerprint density at radius 3 is 2.29 bits per heavy atom. The van der Waals surface area contributed by atoms with Crippen molar-refractivity contribution in [3.8, 4) is 0 Å². The van der Waals surface area contributed by atoms with Crippen molar-refractivity contribution in [2.45, 2.75) is 18.7 Å². The van der Waals surface area contributed by atoms with Gasteiger partial charge in [0.25, 0.3) is 5.91 Å². The third-order valence-corrected chi connectivity index (χ3v) is 3.61. The fraction of sp³-hybridized carbons (Fsp3) is 0.154. The molecular weight excluding hydrogens is 292 g/mol. The summed E-state index contributed by atoms with van der Waals surface area (Å²) in [4.78, 5) is 20.1. The molecule has 0 aliphatic rings. The highest BCUT2D eigenvalue weighted by atomic mass is 32.2. The van der Waals surface area contributed by atoms with Crippen molar-refractivity contribution in [3.05, 3.63) is 47.3 Å². The van der Waals surface area contributed by atoms with Crippen LogP contribution in [0.5, 0.6) is 0 Å². The number of hydrogen-bond donors (Lipinski definition) is 2. The fourth-order valence-electron chi connectivity index (χ4n) is 1.85. The van der Waals surface area contributed by atoms with E-state index >= 15 is 0 Å². The molecule has 1 amide bonds. The number of sulfonamides is 1. The molecule has 0 bridgehead atoms. The second kappa shape index (κ2) is 5.58. The van der Waals surface area contributed by atoms with Crippen LogP contribution in [0, 0.1) is 13.8 Å². The van der Waals surface area contributed by atoms with Crippen LogP contribution >= 0.6 is 0 Å². The normalized spacial score (nSPS) is 11.2. The minimum atomic E-state index is -3.99. The van der Waals surface area contributed by atoms with E-state index in [9.17, 15) is 13.2 Å². The maximum Gasteiger partial charge on any atom is 0.259 e. The van der Waals surface area contributed by atoms with Gasteiger partial charge in [0.1, 0.15) is 0 Å². The minimum Gasteiger partial charge on any atom is -0.290 e. The lowest BCUT2D eigenvalue weighted by Crippen LogP contribution is -2.21. The van der Waals surface area contributed by atoms with Crippen LogP contribution in [0.2, 0.25) is 0 Å². The number of amides is 1. The summed E-state index contributed by atoms with van der Waals surface area (Å²) in [5.74, 6) is -0.522. The van der Waals surface area contributed by atoms with Gasteiger partial charge in [0.15, 0.2) is 0 Å². The van der Waals surface area contributed by atoms with Crippen LogP contribution in [0.3, 0.4) is 0 Å². The molecule has 1 aromatic carbocycles. The van der Waals surface area contributed by atoms with Gasteiger partial charge in [-0.3, -0.25) is 10.1 Å². The number of hydrogen-bond acceptors (Lipinski definition) is 5. The number of nitrogens with zero attached hydrogens (tertiary/aromatic N) is 2. The van der Waals surface area contributed by atoms with E-state index in [2.05, 4.69) is 15.3 Å². The van der Waals surface area contributed by atoms with Crippen molar-refractivity contribution < 1.29 is 13.2 Å². The molecule has 1 aromatic heterocycles. The van der Waals surface area contributed by atoms with Crippen LogP contribution in [-0.4, -0.2) is 24.3 Å². The summed E-state index contributed by atoms with van der Waals surface area (Å²) in [7, 11) is -3.99. The molecule has 1 heterocycles. The number of nitrogens with two attached hydrogens (primary N) is 1. The van der Waals surface area contributed by atoms with Gasteiger partial charge in [0.05, 0.1) is 10.5 Å². The number of aromatic nitrogens is 2. The number of carbonyl (C=O) groups excluding carboxylic acids is 1. The standard InChI is InChI=1S/C13H14N4O3S/c1-8-7-9(2)16-13(15-8)17-12(18)10-5-3-4-6-11(10)21(14,19)20/h3-7H,1-2H3,(H2,14,19,20)(H,15,16,17,18). The lowest BCUT2D eigenvalue weighted by molar-refractivity contribution is 0.102. The number of carbonyl (C=O) groups is 1. The Morgan fingerprint density at radius 1 is 1.14 bits per heavy atom. The van der Waals surface area contributed by atoms with E-state index < -0.39 is 15.9 Å². The van der Waals surface area contributed by atoms with E-state index in [1.54, 1.807) is 26.0 Å². The quantitative estimate of drug-likeness (QED) is 0.877. The van der Waals surface area contributed by atoms with Crippen LogP contribution in [0.25, 0.3) is 0 Å². The average Bonchev–Trinajstić information content (AvgIpc) is 2.36. The topological polar surface area (TPSA) is 115 Å². The highest BCUT2D eigenvalue weighted by molar-refractivity contribution is 7.89. The minimum absolute atomic E-state index is 0.0530. The number of nitrogens with one attached hydrogen (secondary N) is 1. The predicted molar refractivity (Wildman–Crippen MR) is 77.3 cm³/mol. The molecule has 3 N–H and O–H groups in total. The van der Waals surface area contributed by atoms with Crippen molar-refractivity contribution in [1.29, 1.82) is 0 Å². The van der Waals surface area contributed by atoms with Crippen molar-refractivity contribution in [2.75, 3.05) is 5.32 Å². The van der Waals surface area contributed by atoms with E-state index in [0.717, 1.165) is 0 Å². The number of rotatable bonds is 3. The monoisotopic (exact) mass is 306 g/mol. The highest BCUT2D eigenvalue weighted by Crippen LogP contribution is 2.15. The molecule has 21 heavy (non-hydrogen) atoms. The van der Waals surface area contributed by atoms with Crippen LogP contribution < -0.4 is 10.5 Å². The fourth-order valence-corrected chi connectivity index (χ4v) is 2.59. The largest absolute Gasteiger partial charge is 0.290 e. The predicted octanol–water partition coefficient (Wildman–Crippen LogP) is 0.993. The van der Waals surface area contributed by atoms with Gasteiger partial charge in [-0.2, -0.15) is 0 Å². The summed E-state index contributed by atoms with van der Waals surface area (Å²) in [6.45, 7) is 3.53. The summed E-state index contributed by atoms with van der Waals surface area (Å²) in [6, 6.07) is 7.44. The van der Waals surface area contributed by atoms with Gasteiger partial charge in [-0.25, -0.2) is 23.5 Å². The Hall–Kier alpha value is -2.32. The van der Waals surface area contributed by atoms with Crippen molar-refractivity contribution in [2.24, 2.45) is 5.14 Å². The Labute approximate surface area is 122 Å². The third-order valence-electron chi connectivity index (χ3n) is 2.65. The molecule has 0 spiro atoms. The van der Waals surface area contributed by atoms with Crippen LogP contribution in [0.4, 0.5) is 5.95 Å². The SMILES string of the molecule is Cc1cc(C)nc(NC(=O)c2ccccc2S(N)(=O)=O)n1. The van der Waals surface area contributed by atoms with Crippen LogP contribution in [0.15, 0.2) is 35.2 Å². The summed E-state index contributed by atoms with van der Waals surface area (Å²) < 4.78 is 23.0. The molecule has 0 radical (unpaired) electrons. The lowest BCUT2D eigenvalue weighted by Gasteiger charge is -2.08. The first-order valence-electron chi connectivity index (χ1n) is 6.03. The Kier molecular flexibility index (Phi) is 4.01. The zero-order chi connectivity index (χ0) is 15.6. The molecule has 0 fully saturated rings. The molecule has 0 saturated carbocycles. The Balaban J connectivity index is 2.38. The molecule has 2 rings (SSSR count). The molecule has 0 atom stereocenters. The molecule has 110 valence electrons. The van der Waals surface area contributed by atoms with Gasteiger partial charge in [-0.15, -0.1) is 0 Å². The number of primary sulfonamides is 1. The average molecular weight is 306 g/mol. The second-order valence-electron chi connectivity index (χ2n) is 4.47. The van der Waals surface area contributed by atoms with Gasteiger partial charge < -0.3 is 0 Å². The zero-order valence-electron chi connectivity index (χ0n) is 11.5. The van der Waals surface area contributed by atoms with E-state index in [-0.39, 0.29) is 16.4 Å². The Bertz CT molecular complexity index is 783. The first kappa shape index (κ1) is 15.1. The van der Waals surface area contributed by atoms with Gasteiger partial charge in [-0.1, -0.05) is 12.1 Å². The van der Waals surface area contributed by atoms with Gasteiger partial charge >= 0.3 is 0 Å². The zero-order valence-corrected chi connectivity index (χ0v) is 12.3. The maximum atomic E-state index is 12.2. The molecule has 0 unspecified atom stereocenters. The third kappa shape index (κ3) is 3.61. The summed E-state index contributed by atoms with van der Waals surface area (Å²) >= 11 is 0. The van der Waals surface area contributed by atoms with Gasteiger partial charge in [0.2, 0.25) is 16.0 Å². The van der Waals surface area contributed by atoms with Gasteiger partial charge in [0, 0.05) is 11.4 Å². The van der Waals surface area contributed by atoms with Gasteiger partial charge in [-0.05, 0) is 32.0 Å². The summed E-state index contributed by atoms with van der Waals surface area (Å²) in [6.07, 6.45) is 0. The van der Waals surface area contributed by atoms with E-state index in [1.165, 1.54) is 18.2 Å². The molecular formula is C13H14N4O3S. The molecule has 0 aliphatic carbocycles. The molecule has 0 saturated heterocycles. The first-order valence-corrected chi connectivity index (χ1v) is 7.57. The van der Waals surface area contributed by atoms with Crippen molar-refractivity contribution in [3.63, 3.8) is 0 Å². The maximum absolute atomic E-state index is 12.2. The summed E-state index contributed by atoms with van der Waals surface area (Å²) in [5.41, 5.74) is 1.33. The molecule has 0 aliphatic heterocycles. The smallest absolute Gasteiger partial charge is 0.259 e. The summed E-state index contributed by atoms with van der Waals surface area (Å²) in [5, 5.41) is 7.57. The molecule has 7 nitrogen and oxygen atoms in total. The number of aryl methyl sites for hydroxylation is 2. The van der Waals surface area contributed by atoms with E-state index in [0.29, 0.717) is 11.4 Å². The Morgan fingerprint density at radius 2 is 1.71 bits per heavy atom. The van der Waals surface area contributed by atoms with Crippen molar-refractivity contribution in [1.82, 2.24) is 9.97 Å². The molecule has 2 aromatic rings. The second-order valence-corrected chi connectivity index (χ2v) is 6.00. The highest BCUT2D eigenvalue weighted by Gasteiger charge is 2.19. The number of benzene rings is 1. The van der Waals surface area contributed by atoms with Crippen LogP contribution in [-0.2, 0) is 10.0 Å².